The highest BCUT2D eigenvalue weighted by molar-refractivity contribution is 7.99. The molecule has 58 heavy (non-hydrogen) atoms. The molecule has 0 bridgehead atoms. The number of anilines is 5. The van der Waals surface area contributed by atoms with Gasteiger partial charge in [0.25, 0.3) is 5.91 Å². The summed E-state index contributed by atoms with van der Waals surface area (Å²) < 4.78 is 24.1. The van der Waals surface area contributed by atoms with Crippen molar-refractivity contribution in [3.05, 3.63) is 114 Å². The molecule has 1 unspecified atom stereocenters. The molecule has 0 aliphatic rings. The number of ether oxygens (including phenoxy) is 1. The van der Waals surface area contributed by atoms with E-state index in [0.717, 1.165) is 22.9 Å². The number of rotatable bonds is 20. The lowest BCUT2D eigenvalue weighted by atomic mass is 10.1. The molecular weight excluding hydrogens is 760 g/mol. The summed E-state index contributed by atoms with van der Waals surface area (Å²) in [5.74, 6) is -1.27. The number of thioether (sulfide) groups is 1. The first-order chi connectivity index (χ1) is 28.1. The second-order valence-corrected chi connectivity index (χ2v) is 14.3. The number of benzene rings is 3. The molecule has 5 aromatic rings. The van der Waals surface area contributed by atoms with Gasteiger partial charge >= 0.3 is 0 Å². The van der Waals surface area contributed by atoms with Crippen molar-refractivity contribution in [1.82, 2.24) is 19.9 Å². The van der Waals surface area contributed by atoms with Crippen LogP contribution in [0.5, 0.6) is 0 Å². The molecule has 0 radical (unpaired) electrons. The van der Waals surface area contributed by atoms with E-state index in [2.05, 4.69) is 38.3 Å². The fraction of sp³-hybridized carbons (Fsp3) is 0.302. The summed E-state index contributed by atoms with van der Waals surface area (Å²) in [5, 5.41) is 18.7. The fourth-order valence-corrected chi connectivity index (χ4v) is 6.64. The van der Waals surface area contributed by atoms with Crippen LogP contribution in [0, 0.1) is 5.82 Å². The predicted octanol–water partition coefficient (Wildman–Crippen LogP) is 8.69. The van der Waals surface area contributed by atoms with Crippen LogP contribution in [0.25, 0.3) is 5.65 Å². The summed E-state index contributed by atoms with van der Waals surface area (Å²) >= 11 is 1.27. The second kappa shape index (κ2) is 22.6. The maximum atomic E-state index is 16.6. The number of halogens is 1. The van der Waals surface area contributed by atoms with Crippen LogP contribution in [0.15, 0.2) is 96.7 Å². The van der Waals surface area contributed by atoms with Crippen molar-refractivity contribution in [2.45, 2.75) is 76.7 Å². The van der Waals surface area contributed by atoms with Crippen molar-refractivity contribution < 1.29 is 28.3 Å². The van der Waals surface area contributed by atoms with Gasteiger partial charge in [0.2, 0.25) is 18.2 Å². The van der Waals surface area contributed by atoms with Gasteiger partial charge in [-0.15, -0.1) is 0 Å². The maximum Gasteiger partial charge on any atom is 0.255 e. The van der Waals surface area contributed by atoms with E-state index in [4.69, 9.17) is 9.72 Å². The number of hydrogen-bond acceptors (Lipinski definition) is 9. The third-order valence-electron chi connectivity index (χ3n) is 8.58. The quantitative estimate of drug-likeness (QED) is 0.0170. The lowest BCUT2D eigenvalue weighted by molar-refractivity contribution is -0.116. The first-order valence-electron chi connectivity index (χ1n) is 19.2. The highest BCUT2D eigenvalue weighted by Crippen LogP contribution is 2.35. The van der Waals surface area contributed by atoms with Crippen molar-refractivity contribution in [2.24, 2.45) is 0 Å². The number of nitrogens with one attached hydrogen (secondary N) is 5. The maximum absolute atomic E-state index is 16.6. The van der Waals surface area contributed by atoms with E-state index in [0.29, 0.717) is 73.7 Å². The van der Waals surface area contributed by atoms with Crippen molar-refractivity contribution in [3.8, 4) is 0 Å². The highest BCUT2D eigenvalue weighted by atomic mass is 32.2. The average molecular weight is 811 g/mol. The highest BCUT2D eigenvalue weighted by Gasteiger charge is 2.23. The SMILES string of the molecule is C=CC(=O)Nc1ccc(C(=O)Nc2cccc(Nc3c(F)c(SC(CCNC=O)CCOCc4ccc(NC(=O)CC)cc4)nc4c(C(C)C)cnn34)c2)cc1.CC. The number of carbonyl (C=O) groups excluding carboxylic acids is 4. The molecule has 306 valence electrons. The monoisotopic (exact) mass is 810 g/mol. The number of amides is 4. The van der Waals surface area contributed by atoms with E-state index >= 15 is 4.39 Å². The third-order valence-corrected chi connectivity index (χ3v) is 9.87. The van der Waals surface area contributed by atoms with Crippen molar-refractivity contribution in [1.29, 1.82) is 0 Å². The van der Waals surface area contributed by atoms with E-state index in [-0.39, 0.29) is 39.7 Å². The van der Waals surface area contributed by atoms with Crippen LogP contribution in [0.4, 0.5) is 33.0 Å². The standard InChI is InChI=1S/C41H45FN8O5S.C2H6/c1-5-35(52)45-29-14-10-27(11-15-29)24-55-21-19-33(18-20-43-25-51)56-41-37(42)39(50-38(49-41)34(23-44-50)26(3)4)47-31-8-7-9-32(22-31)48-40(54)28-12-16-30(17-13-28)46-36(53)6-2;1-2/h6-17,22-23,25-26,33,47H,2,5,18-21,24H2,1,3-4H3,(H,43,51)(H,45,52)(H,46,53)(H,48,54);1-2H3. The molecule has 5 N–H and O–H groups in total. The van der Waals surface area contributed by atoms with E-state index in [1.54, 1.807) is 61.7 Å². The van der Waals surface area contributed by atoms with Gasteiger partial charge in [-0.25, -0.2) is 4.98 Å². The topological polar surface area (TPSA) is 168 Å². The molecule has 15 heteroatoms. The summed E-state index contributed by atoms with van der Waals surface area (Å²) in [6.45, 7) is 14.4. The summed E-state index contributed by atoms with van der Waals surface area (Å²) in [6.07, 6.45) is 4.96. The molecule has 13 nitrogen and oxygen atoms in total. The molecule has 0 saturated heterocycles. The Morgan fingerprint density at radius 1 is 0.931 bits per heavy atom. The van der Waals surface area contributed by atoms with Crippen LogP contribution in [-0.2, 0) is 25.7 Å². The molecular formula is C43H51FN8O5S. The Labute approximate surface area is 342 Å². The van der Waals surface area contributed by atoms with Crippen molar-refractivity contribution >= 4 is 70.1 Å². The van der Waals surface area contributed by atoms with Gasteiger partial charge in [-0.1, -0.05) is 71.2 Å². The van der Waals surface area contributed by atoms with E-state index in [1.165, 1.54) is 16.3 Å². The minimum atomic E-state index is -0.608. The van der Waals surface area contributed by atoms with Crippen LogP contribution in [0.3, 0.4) is 0 Å². The van der Waals surface area contributed by atoms with Crippen LogP contribution in [0.1, 0.15) is 81.3 Å². The average Bonchev–Trinajstić information content (AvgIpc) is 3.66. The lowest BCUT2D eigenvalue weighted by Crippen LogP contribution is -2.19. The summed E-state index contributed by atoms with van der Waals surface area (Å²) in [5.41, 5.74) is 4.86. The van der Waals surface area contributed by atoms with Gasteiger partial charge in [0.1, 0.15) is 5.03 Å². The minimum Gasteiger partial charge on any atom is -0.377 e. The smallest absolute Gasteiger partial charge is 0.255 e. The molecule has 4 amide bonds. The zero-order valence-electron chi connectivity index (χ0n) is 33.4. The van der Waals surface area contributed by atoms with Gasteiger partial charge in [-0.05, 0) is 85.0 Å². The Bertz CT molecular complexity index is 2160. The number of fused-ring (bicyclic) bond motifs is 1. The number of hydrogen-bond donors (Lipinski definition) is 5. The zero-order valence-corrected chi connectivity index (χ0v) is 34.3. The van der Waals surface area contributed by atoms with E-state index in [1.807, 2.05) is 52.0 Å². The summed E-state index contributed by atoms with van der Waals surface area (Å²) in [6, 6.07) is 20.7. The Morgan fingerprint density at radius 3 is 2.29 bits per heavy atom. The Hall–Kier alpha value is -6.06. The number of nitrogens with zero attached hydrogens (tertiary/aromatic N) is 3. The Balaban J connectivity index is 0.00000366. The van der Waals surface area contributed by atoms with Crippen LogP contribution in [-0.4, -0.2) is 57.1 Å². The van der Waals surface area contributed by atoms with Crippen molar-refractivity contribution in [2.75, 3.05) is 34.4 Å². The molecule has 5 rings (SSSR count). The zero-order chi connectivity index (χ0) is 42.0. The third kappa shape index (κ3) is 12.7. The summed E-state index contributed by atoms with van der Waals surface area (Å²) in [7, 11) is 0. The second-order valence-electron chi connectivity index (χ2n) is 13.0. The van der Waals surface area contributed by atoms with Gasteiger partial charge in [0.05, 0.1) is 12.8 Å². The Morgan fingerprint density at radius 2 is 1.62 bits per heavy atom. The molecule has 1 atom stereocenters. The predicted molar refractivity (Wildman–Crippen MR) is 229 cm³/mol. The molecule has 2 heterocycles. The van der Waals surface area contributed by atoms with Crippen LogP contribution >= 0.6 is 11.8 Å². The molecule has 0 aliphatic carbocycles. The molecule has 3 aromatic carbocycles. The largest absolute Gasteiger partial charge is 0.377 e. The molecule has 0 aliphatic heterocycles. The number of carbonyl (C=O) groups is 4. The first-order valence-corrected chi connectivity index (χ1v) is 20.1. The van der Waals surface area contributed by atoms with Gasteiger partial charge in [-0.3, -0.25) is 19.2 Å². The summed E-state index contributed by atoms with van der Waals surface area (Å²) in [4.78, 5) is 52.2. The molecule has 0 spiro atoms. The van der Waals surface area contributed by atoms with Crippen LogP contribution in [0.2, 0.25) is 0 Å². The normalized spacial score (nSPS) is 11.2. The van der Waals surface area contributed by atoms with E-state index < -0.39 is 5.82 Å². The fourth-order valence-electron chi connectivity index (χ4n) is 5.54. The Kier molecular flexibility index (Phi) is 17.4. The van der Waals surface area contributed by atoms with Gasteiger partial charge < -0.3 is 31.3 Å². The minimum absolute atomic E-state index is 0.0555. The molecule has 0 saturated carbocycles. The number of aromatic nitrogens is 3. The van der Waals surface area contributed by atoms with Gasteiger partial charge in [-0.2, -0.15) is 14.0 Å². The van der Waals surface area contributed by atoms with Crippen molar-refractivity contribution in [3.63, 3.8) is 0 Å². The first kappa shape index (κ1) is 44.7. The van der Waals surface area contributed by atoms with E-state index in [9.17, 15) is 19.2 Å². The lowest BCUT2D eigenvalue weighted by Gasteiger charge is -2.19. The van der Waals surface area contributed by atoms with Gasteiger partial charge in [0.15, 0.2) is 17.3 Å². The molecule has 0 fully saturated rings. The van der Waals surface area contributed by atoms with Crippen LogP contribution < -0.4 is 26.6 Å². The van der Waals surface area contributed by atoms with Gasteiger partial charge in [0, 0.05) is 58.7 Å². The molecule has 2 aromatic heterocycles.